The first-order valence-electron chi connectivity index (χ1n) is 8.19. The molecule has 0 bridgehead atoms. The topological polar surface area (TPSA) is 64.0 Å². The first-order chi connectivity index (χ1) is 12.5. The van der Waals surface area contributed by atoms with E-state index in [9.17, 15) is 9.59 Å². The van der Waals surface area contributed by atoms with Crippen LogP contribution in [-0.4, -0.2) is 15.5 Å². The van der Waals surface area contributed by atoms with Crippen LogP contribution in [0.2, 0.25) is 5.02 Å². The van der Waals surface area contributed by atoms with E-state index < -0.39 is 0 Å². The van der Waals surface area contributed by atoms with Crippen LogP contribution in [0.3, 0.4) is 0 Å². The maximum absolute atomic E-state index is 12.3. The summed E-state index contributed by atoms with van der Waals surface area (Å²) in [6.45, 7) is 1.82. The number of hydrogen-bond donors (Lipinski definition) is 1. The second-order valence-electron chi connectivity index (χ2n) is 5.95. The largest absolute Gasteiger partial charge is 0.348 e. The van der Waals surface area contributed by atoms with Gasteiger partial charge in [-0.2, -0.15) is 0 Å². The van der Waals surface area contributed by atoms with Crippen LogP contribution in [0.25, 0.3) is 11.3 Å². The van der Waals surface area contributed by atoms with E-state index >= 15 is 0 Å². The van der Waals surface area contributed by atoms with Gasteiger partial charge in [-0.15, -0.1) is 0 Å². The van der Waals surface area contributed by atoms with Crippen molar-refractivity contribution in [2.45, 2.75) is 19.5 Å². The first kappa shape index (κ1) is 17.9. The van der Waals surface area contributed by atoms with Crippen molar-refractivity contribution >= 4 is 17.5 Å². The number of carbonyl (C=O) groups is 1. The van der Waals surface area contributed by atoms with Crippen molar-refractivity contribution in [3.63, 3.8) is 0 Å². The monoisotopic (exact) mass is 367 g/mol. The molecule has 0 saturated heterocycles. The Kier molecular flexibility index (Phi) is 5.49. The van der Waals surface area contributed by atoms with E-state index in [0.29, 0.717) is 10.7 Å². The van der Waals surface area contributed by atoms with Gasteiger partial charge in [0.15, 0.2) is 0 Å². The van der Waals surface area contributed by atoms with Crippen LogP contribution in [0.5, 0.6) is 0 Å². The fraction of sp³-hybridized carbons (Fsp3) is 0.150. The summed E-state index contributed by atoms with van der Waals surface area (Å²) in [6.07, 6.45) is 1.39. The molecule has 5 nitrogen and oxygen atoms in total. The number of carbonyl (C=O) groups excluding carboxylic acids is 1. The summed E-state index contributed by atoms with van der Waals surface area (Å²) < 4.78 is 1.28. The Bertz CT molecular complexity index is 953. The molecule has 26 heavy (non-hydrogen) atoms. The summed E-state index contributed by atoms with van der Waals surface area (Å²) >= 11 is 5.87. The molecule has 1 unspecified atom stereocenters. The van der Waals surface area contributed by atoms with Gasteiger partial charge in [0.2, 0.25) is 5.91 Å². The van der Waals surface area contributed by atoms with Crippen molar-refractivity contribution in [2.24, 2.45) is 0 Å². The van der Waals surface area contributed by atoms with Gasteiger partial charge in [-0.3, -0.25) is 14.2 Å². The van der Waals surface area contributed by atoms with Gasteiger partial charge in [-0.05, 0) is 24.6 Å². The van der Waals surface area contributed by atoms with Crippen molar-refractivity contribution in [2.75, 3.05) is 0 Å². The minimum absolute atomic E-state index is 0.0795. The lowest BCUT2D eigenvalue weighted by molar-refractivity contribution is -0.122. The van der Waals surface area contributed by atoms with Crippen molar-refractivity contribution in [1.82, 2.24) is 14.9 Å². The SMILES string of the molecule is CC(NC(=O)Cn1cnc(-c2ccc(Cl)cc2)cc1=O)c1ccccc1. The molecule has 1 atom stereocenters. The lowest BCUT2D eigenvalue weighted by Crippen LogP contribution is -2.33. The average molecular weight is 368 g/mol. The molecular weight excluding hydrogens is 350 g/mol. The molecule has 0 aliphatic carbocycles. The van der Waals surface area contributed by atoms with Crippen molar-refractivity contribution in [3.05, 3.63) is 87.9 Å². The molecule has 3 aromatic rings. The van der Waals surface area contributed by atoms with Crippen LogP contribution < -0.4 is 10.9 Å². The lowest BCUT2D eigenvalue weighted by atomic mass is 10.1. The van der Waals surface area contributed by atoms with Crippen molar-refractivity contribution in [3.8, 4) is 11.3 Å². The summed E-state index contributed by atoms with van der Waals surface area (Å²) in [5, 5.41) is 3.50. The van der Waals surface area contributed by atoms with Gasteiger partial charge >= 0.3 is 0 Å². The van der Waals surface area contributed by atoms with E-state index in [4.69, 9.17) is 11.6 Å². The van der Waals surface area contributed by atoms with Gasteiger partial charge in [0.05, 0.1) is 18.1 Å². The van der Waals surface area contributed by atoms with E-state index in [1.165, 1.54) is 17.0 Å². The molecule has 0 fully saturated rings. The van der Waals surface area contributed by atoms with E-state index in [1.807, 2.05) is 37.3 Å². The first-order valence-corrected chi connectivity index (χ1v) is 8.57. The van der Waals surface area contributed by atoms with Gasteiger partial charge < -0.3 is 5.32 Å². The molecule has 0 aliphatic rings. The highest BCUT2D eigenvalue weighted by molar-refractivity contribution is 6.30. The van der Waals surface area contributed by atoms with Gasteiger partial charge in [0.1, 0.15) is 6.54 Å². The lowest BCUT2D eigenvalue weighted by Gasteiger charge is -2.14. The molecule has 1 aromatic heterocycles. The molecule has 1 heterocycles. The third kappa shape index (κ3) is 4.37. The van der Waals surface area contributed by atoms with Crippen LogP contribution in [-0.2, 0) is 11.3 Å². The maximum Gasteiger partial charge on any atom is 0.254 e. The Labute approximate surface area is 156 Å². The molecular formula is C20H18ClN3O2. The number of amides is 1. The maximum atomic E-state index is 12.3. The normalized spacial score (nSPS) is 11.8. The highest BCUT2D eigenvalue weighted by atomic mass is 35.5. The number of nitrogens with one attached hydrogen (secondary N) is 1. The minimum atomic E-state index is -0.285. The molecule has 1 N–H and O–H groups in total. The second kappa shape index (κ2) is 7.97. The highest BCUT2D eigenvalue weighted by Crippen LogP contribution is 2.18. The molecule has 132 valence electrons. The number of benzene rings is 2. The van der Waals surface area contributed by atoms with Gasteiger partial charge in [0, 0.05) is 16.7 Å². The number of hydrogen-bond acceptors (Lipinski definition) is 3. The van der Waals surface area contributed by atoms with Crippen LogP contribution in [0.4, 0.5) is 0 Å². The van der Waals surface area contributed by atoms with Gasteiger partial charge in [-0.1, -0.05) is 54.1 Å². The molecule has 6 heteroatoms. The fourth-order valence-electron chi connectivity index (χ4n) is 2.59. The van der Waals surface area contributed by atoms with Crippen LogP contribution in [0, 0.1) is 0 Å². The second-order valence-corrected chi connectivity index (χ2v) is 6.38. The summed E-state index contributed by atoms with van der Waals surface area (Å²) in [5.41, 5.74) is 2.05. The number of nitrogens with zero attached hydrogens (tertiary/aromatic N) is 2. The third-order valence-corrected chi connectivity index (χ3v) is 4.26. The molecule has 3 rings (SSSR count). The zero-order valence-electron chi connectivity index (χ0n) is 14.2. The molecule has 0 saturated carbocycles. The third-order valence-electron chi connectivity index (χ3n) is 4.01. The van der Waals surface area contributed by atoms with E-state index in [0.717, 1.165) is 11.1 Å². The van der Waals surface area contributed by atoms with E-state index in [-0.39, 0.29) is 24.1 Å². The van der Waals surface area contributed by atoms with E-state index in [1.54, 1.807) is 24.3 Å². The van der Waals surface area contributed by atoms with Crippen molar-refractivity contribution in [1.29, 1.82) is 0 Å². The molecule has 0 spiro atoms. The predicted molar refractivity (Wildman–Crippen MR) is 102 cm³/mol. The highest BCUT2D eigenvalue weighted by Gasteiger charge is 2.11. The summed E-state index contributed by atoms with van der Waals surface area (Å²) in [5.74, 6) is -0.246. The number of halogens is 1. The molecule has 0 aliphatic heterocycles. The Morgan fingerprint density at radius 2 is 1.85 bits per heavy atom. The predicted octanol–water partition coefficient (Wildman–Crippen LogP) is 3.44. The zero-order valence-corrected chi connectivity index (χ0v) is 15.0. The van der Waals surface area contributed by atoms with Crippen LogP contribution in [0.15, 0.2) is 71.8 Å². The Balaban J connectivity index is 1.69. The molecule has 2 aromatic carbocycles. The quantitative estimate of drug-likeness (QED) is 0.751. The van der Waals surface area contributed by atoms with Gasteiger partial charge in [-0.25, -0.2) is 4.98 Å². The van der Waals surface area contributed by atoms with Gasteiger partial charge in [0.25, 0.3) is 5.56 Å². The number of rotatable bonds is 5. The number of aromatic nitrogens is 2. The Morgan fingerprint density at radius 1 is 1.15 bits per heavy atom. The van der Waals surface area contributed by atoms with Crippen LogP contribution >= 0.6 is 11.6 Å². The summed E-state index contributed by atoms with van der Waals surface area (Å²) in [7, 11) is 0. The average Bonchev–Trinajstić information content (AvgIpc) is 2.64. The summed E-state index contributed by atoms with van der Waals surface area (Å²) in [6, 6.07) is 18.0. The molecule has 1 amide bonds. The van der Waals surface area contributed by atoms with Crippen molar-refractivity contribution < 1.29 is 4.79 Å². The Hall–Kier alpha value is -2.92. The fourth-order valence-corrected chi connectivity index (χ4v) is 2.72. The smallest absolute Gasteiger partial charge is 0.254 e. The van der Waals surface area contributed by atoms with E-state index in [2.05, 4.69) is 10.3 Å². The minimum Gasteiger partial charge on any atom is -0.348 e. The molecule has 0 radical (unpaired) electrons. The Morgan fingerprint density at radius 3 is 2.50 bits per heavy atom. The summed E-state index contributed by atoms with van der Waals surface area (Å²) in [4.78, 5) is 28.8. The van der Waals surface area contributed by atoms with Crippen LogP contribution in [0.1, 0.15) is 18.5 Å². The zero-order chi connectivity index (χ0) is 18.5. The standard InChI is InChI=1S/C20H18ClN3O2/c1-14(15-5-3-2-4-6-15)23-19(25)12-24-13-22-18(11-20(24)26)16-7-9-17(21)10-8-16/h2-11,13-14H,12H2,1H3,(H,23,25).